The number of aryl methyl sites for hydroxylation is 2. The van der Waals surface area contributed by atoms with Gasteiger partial charge in [0, 0.05) is 48.7 Å². The number of fused-ring (bicyclic) bond motifs is 1. The predicted octanol–water partition coefficient (Wildman–Crippen LogP) is 2.26. The zero-order chi connectivity index (χ0) is 16.4. The average molecular weight is 326 g/mol. The fraction of sp³-hybridized carbons (Fsp3) is 0.611. The highest BCUT2D eigenvalue weighted by molar-refractivity contribution is 5.48. The van der Waals surface area contributed by atoms with E-state index in [1.807, 2.05) is 10.9 Å². The van der Waals surface area contributed by atoms with Gasteiger partial charge in [-0.05, 0) is 45.6 Å². The van der Waals surface area contributed by atoms with Crippen molar-refractivity contribution >= 4 is 5.82 Å². The molecule has 0 amide bonds. The summed E-state index contributed by atoms with van der Waals surface area (Å²) in [5.41, 5.74) is 3.89. The van der Waals surface area contributed by atoms with Crippen molar-refractivity contribution in [3.05, 3.63) is 35.5 Å². The van der Waals surface area contributed by atoms with Gasteiger partial charge in [-0.1, -0.05) is 0 Å². The lowest BCUT2D eigenvalue weighted by molar-refractivity contribution is 0.208. The van der Waals surface area contributed by atoms with Crippen LogP contribution < -0.4 is 5.32 Å². The van der Waals surface area contributed by atoms with Crippen LogP contribution in [-0.4, -0.2) is 43.8 Å². The van der Waals surface area contributed by atoms with Gasteiger partial charge in [-0.2, -0.15) is 5.10 Å². The number of aromatic nitrogens is 4. The molecular formula is C18H26N6. The van der Waals surface area contributed by atoms with Gasteiger partial charge < -0.3 is 5.32 Å². The first-order valence-corrected chi connectivity index (χ1v) is 9.15. The van der Waals surface area contributed by atoms with E-state index >= 15 is 0 Å². The molecule has 0 spiro atoms. The molecule has 1 saturated heterocycles. The normalized spacial score (nSPS) is 21.0. The molecule has 1 fully saturated rings. The third-order valence-corrected chi connectivity index (χ3v) is 5.14. The first kappa shape index (κ1) is 15.6. The summed E-state index contributed by atoms with van der Waals surface area (Å²) >= 11 is 0. The Morgan fingerprint density at radius 1 is 1.25 bits per heavy atom. The third kappa shape index (κ3) is 3.29. The second-order valence-electron chi connectivity index (χ2n) is 6.92. The van der Waals surface area contributed by atoms with Gasteiger partial charge in [0.25, 0.3) is 0 Å². The van der Waals surface area contributed by atoms with Crippen LogP contribution in [0.1, 0.15) is 43.0 Å². The lowest BCUT2D eigenvalue weighted by atomic mass is 10.0. The summed E-state index contributed by atoms with van der Waals surface area (Å²) in [6.45, 7) is 6.27. The number of anilines is 1. The highest BCUT2D eigenvalue weighted by Gasteiger charge is 2.23. The minimum Gasteiger partial charge on any atom is -0.366 e. The number of likely N-dealkylation sites (tertiary alicyclic amines) is 1. The molecule has 1 aliphatic carbocycles. The van der Waals surface area contributed by atoms with Crippen LogP contribution >= 0.6 is 0 Å². The average Bonchev–Trinajstić information content (AvgIpc) is 3.24. The van der Waals surface area contributed by atoms with E-state index < -0.39 is 0 Å². The Balaban J connectivity index is 1.39. The van der Waals surface area contributed by atoms with Crippen LogP contribution in [0.3, 0.4) is 0 Å². The molecule has 2 aromatic heterocycles. The molecule has 4 rings (SSSR count). The van der Waals surface area contributed by atoms with Crippen LogP contribution in [-0.2, 0) is 25.9 Å². The lowest BCUT2D eigenvalue weighted by Crippen LogP contribution is -2.41. The van der Waals surface area contributed by atoms with Crippen molar-refractivity contribution in [2.24, 2.45) is 0 Å². The minimum absolute atomic E-state index is 0.472. The van der Waals surface area contributed by atoms with Gasteiger partial charge in [0.15, 0.2) is 0 Å². The Hall–Kier alpha value is -1.95. The lowest BCUT2D eigenvalue weighted by Gasteiger charge is -2.33. The quantitative estimate of drug-likeness (QED) is 0.913. The van der Waals surface area contributed by atoms with Crippen LogP contribution in [0.5, 0.6) is 0 Å². The molecule has 1 atom stereocenters. The van der Waals surface area contributed by atoms with Gasteiger partial charge in [-0.15, -0.1) is 0 Å². The van der Waals surface area contributed by atoms with Crippen molar-refractivity contribution < 1.29 is 0 Å². The molecule has 3 heterocycles. The molecule has 6 nitrogen and oxygen atoms in total. The number of piperidine rings is 1. The van der Waals surface area contributed by atoms with E-state index in [9.17, 15) is 0 Å². The van der Waals surface area contributed by atoms with Crippen LogP contribution in [0.15, 0.2) is 18.7 Å². The second kappa shape index (κ2) is 6.89. The number of nitrogens with zero attached hydrogens (tertiary/aromatic N) is 5. The highest BCUT2D eigenvalue weighted by Crippen LogP contribution is 2.26. The SMILES string of the molecule is CCn1cc(CN2CCC[C@@H](Nc3ncnc4c3CCC4)C2)cn1. The zero-order valence-electron chi connectivity index (χ0n) is 14.4. The molecule has 128 valence electrons. The van der Waals surface area contributed by atoms with Crippen LogP contribution in [0.25, 0.3) is 0 Å². The molecule has 0 saturated carbocycles. The van der Waals surface area contributed by atoms with E-state index in [4.69, 9.17) is 0 Å². The summed E-state index contributed by atoms with van der Waals surface area (Å²) in [5, 5.41) is 8.08. The maximum atomic E-state index is 4.51. The van der Waals surface area contributed by atoms with Crippen molar-refractivity contribution in [3.63, 3.8) is 0 Å². The predicted molar refractivity (Wildman–Crippen MR) is 93.9 cm³/mol. The number of nitrogens with one attached hydrogen (secondary N) is 1. The molecule has 2 aliphatic rings. The van der Waals surface area contributed by atoms with Crippen molar-refractivity contribution in [1.29, 1.82) is 0 Å². The first-order valence-electron chi connectivity index (χ1n) is 9.15. The molecule has 0 unspecified atom stereocenters. The Morgan fingerprint density at radius 2 is 2.21 bits per heavy atom. The van der Waals surface area contributed by atoms with Gasteiger partial charge >= 0.3 is 0 Å². The van der Waals surface area contributed by atoms with E-state index in [1.54, 1.807) is 6.33 Å². The highest BCUT2D eigenvalue weighted by atomic mass is 15.3. The topological polar surface area (TPSA) is 58.9 Å². The second-order valence-corrected chi connectivity index (χ2v) is 6.92. The Labute approximate surface area is 143 Å². The van der Waals surface area contributed by atoms with Crippen LogP contribution in [0.4, 0.5) is 5.82 Å². The van der Waals surface area contributed by atoms with Crippen molar-refractivity contribution in [1.82, 2.24) is 24.6 Å². The van der Waals surface area contributed by atoms with Gasteiger partial charge in [0.05, 0.1) is 6.20 Å². The summed E-state index contributed by atoms with van der Waals surface area (Å²) in [5.74, 6) is 1.07. The van der Waals surface area contributed by atoms with Crippen LogP contribution in [0.2, 0.25) is 0 Å². The molecule has 2 aromatic rings. The molecule has 0 radical (unpaired) electrons. The zero-order valence-corrected chi connectivity index (χ0v) is 14.4. The Bertz CT molecular complexity index is 695. The molecule has 0 aromatic carbocycles. The first-order chi connectivity index (χ1) is 11.8. The van der Waals surface area contributed by atoms with Crippen molar-refractivity contribution in [2.45, 2.75) is 58.2 Å². The largest absolute Gasteiger partial charge is 0.366 e. The molecule has 1 aliphatic heterocycles. The van der Waals surface area contributed by atoms with Crippen molar-refractivity contribution in [2.75, 3.05) is 18.4 Å². The van der Waals surface area contributed by atoms with E-state index in [2.05, 4.69) is 38.4 Å². The maximum absolute atomic E-state index is 4.51. The molecule has 0 bridgehead atoms. The van der Waals surface area contributed by atoms with Gasteiger partial charge in [0.2, 0.25) is 0 Å². The summed E-state index contributed by atoms with van der Waals surface area (Å²) in [7, 11) is 0. The number of rotatable bonds is 5. The third-order valence-electron chi connectivity index (χ3n) is 5.14. The van der Waals surface area contributed by atoms with E-state index in [1.165, 1.54) is 36.1 Å². The summed E-state index contributed by atoms with van der Waals surface area (Å²) in [6, 6.07) is 0.472. The Kier molecular flexibility index (Phi) is 4.47. The molecule has 6 heteroatoms. The van der Waals surface area contributed by atoms with Gasteiger partial charge in [-0.25, -0.2) is 9.97 Å². The molecular weight excluding hydrogens is 300 g/mol. The van der Waals surface area contributed by atoms with E-state index in [0.29, 0.717) is 6.04 Å². The van der Waals surface area contributed by atoms with Gasteiger partial charge in [0.1, 0.15) is 12.1 Å². The number of hydrogen-bond acceptors (Lipinski definition) is 5. The summed E-state index contributed by atoms with van der Waals surface area (Å²) < 4.78 is 2.00. The van der Waals surface area contributed by atoms with Crippen LogP contribution in [0, 0.1) is 0 Å². The van der Waals surface area contributed by atoms with Gasteiger partial charge in [-0.3, -0.25) is 9.58 Å². The van der Waals surface area contributed by atoms with E-state index in [0.717, 1.165) is 44.8 Å². The fourth-order valence-electron chi connectivity index (χ4n) is 3.91. The molecule has 24 heavy (non-hydrogen) atoms. The molecule has 1 N–H and O–H groups in total. The smallest absolute Gasteiger partial charge is 0.133 e. The fourth-order valence-corrected chi connectivity index (χ4v) is 3.91. The monoisotopic (exact) mass is 326 g/mol. The van der Waals surface area contributed by atoms with E-state index in [-0.39, 0.29) is 0 Å². The summed E-state index contributed by atoms with van der Waals surface area (Å²) in [4.78, 5) is 11.5. The maximum Gasteiger partial charge on any atom is 0.133 e. The summed E-state index contributed by atoms with van der Waals surface area (Å²) in [6.07, 6.45) is 11.7. The minimum atomic E-state index is 0.472. The van der Waals surface area contributed by atoms with Crippen molar-refractivity contribution in [3.8, 4) is 0 Å². The number of hydrogen-bond donors (Lipinski definition) is 1. The Morgan fingerprint density at radius 3 is 3.08 bits per heavy atom. The standard InChI is InChI=1S/C18H26N6/c1-2-24-11-14(9-21-24)10-23-8-4-5-15(12-23)22-18-16-6-3-7-17(16)19-13-20-18/h9,11,13,15H,2-8,10,12H2,1H3,(H,19,20,22)/t15-/m1/s1.